The van der Waals surface area contributed by atoms with Gasteiger partial charge in [0, 0.05) is 16.7 Å². The molecule has 30 heavy (non-hydrogen) atoms. The van der Waals surface area contributed by atoms with E-state index in [1.165, 1.54) is 7.11 Å². The van der Waals surface area contributed by atoms with Crippen molar-refractivity contribution >= 4 is 37.5 Å². The molecule has 0 saturated heterocycles. The fourth-order valence-corrected chi connectivity index (χ4v) is 3.89. The quantitative estimate of drug-likeness (QED) is 0.514. The van der Waals surface area contributed by atoms with Gasteiger partial charge < -0.3 is 10.1 Å². The number of halogens is 2. The van der Waals surface area contributed by atoms with Crippen LogP contribution in [0.5, 0.6) is 5.75 Å². The second kappa shape index (κ2) is 9.38. The van der Waals surface area contributed by atoms with E-state index in [0.717, 1.165) is 28.2 Å². The van der Waals surface area contributed by atoms with Gasteiger partial charge in [-0.3, -0.25) is 4.79 Å². The second-order valence-corrected chi connectivity index (χ2v) is 8.96. The molecule has 0 saturated carbocycles. The van der Waals surface area contributed by atoms with Crippen molar-refractivity contribution in [1.29, 1.82) is 0 Å². The molecular formula is C21H18BrFN2O4S. The summed E-state index contributed by atoms with van der Waals surface area (Å²) in [5.74, 6) is -0.915. The van der Waals surface area contributed by atoms with Crippen molar-refractivity contribution in [1.82, 2.24) is 4.72 Å². The lowest BCUT2D eigenvalue weighted by Crippen LogP contribution is -2.24. The Balaban J connectivity index is 1.76. The lowest BCUT2D eigenvalue weighted by Gasteiger charge is -2.10. The Bertz CT molecular complexity index is 1150. The van der Waals surface area contributed by atoms with E-state index in [0.29, 0.717) is 11.4 Å². The topological polar surface area (TPSA) is 84.5 Å². The molecule has 3 aromatic rings. The highest BCUT2D eigenvalue weighted by Crippen LogP contribution is 2.19. The zero-order valence-corrected chi connectivity index (χ0v) is 18.3. The molecule has 0 radical (unpaired) electrons. The molecule has 0 atom stereocenters. The molecule has 6 nitrogen and oxygen atoms in total. The molecule has 0 aliphatic heterocycles. The smallest absolute Gasteiger partial charge is 0.258 e. The summed E-state index contributed by atoms with van der Waals surface area (Å²) < 4.78 is 47.8. The monoisotopic (exact) mass is 492 g/mol. The number of hydrogen-bond donors (Lipinski definition) is 2. The number of methoxy groups -OCH3 is 1. The van der Waals surface area contributed by atoms with Crippen molar-refractivity contribution in [2.75, 3.05) is 12.4 Å². The Labute approximate surface area is 182 Å². The average Bonchev–Trinajstić information content (AvgIpc) is 2.74. The van der Waals surface area contributed by atoms with E-state index >= 15 is 0 Å². The number of carbonyl (C=O) groups is 1. The highest BCUT2D eigenvalue weighted by molar-refractivity contribution is 9.10. The second-order valence-electron chi connectivity index (χ2n) is 6.28. The maximum atomic E-state index is 14.2. The molecule has 3 rings (SSSR count). The van der Waals surface area contributed by atoms with Crippen LogP contribution in [0.2, 0.25) is 0 Å². The summed E-state index contributed by atoms with van der Waals surface area (Å²) >= 11 is 3.29. The maximum Gasteiger partial charge on any atom is 0.258 e. The number of nitrogens with one attached hydrogen (secondary N) is 2. The molecule has 0 aliphatic carbocycles. The molecule has 9 heteroatoms. The van der Waals surface area contributed by atoms with Crippen LogP contribution in [0.25, 0.3) is 0 Å². The highest BCUT2D eigenvalue weighted by atomic mass is 79.9. The van der Waals surface area contributed by atoms with E-state index in [4.69, 9.17) is 4.74 Å². The summed E-state index contributed by atoms with van der Waals surface area (Å²) in [6.07, 6.45) is 0. The number of carbonyl (C=O) groups excluding carboxylic acids is 1. The van der Waals surface area contributed by atoms with Crippen molar-refractivity contribution < 1.29 is 22.3 Å². The predicted molar refractivity (Wildman–Crippen MR) is 116 cm³/mol. The first-order valence-electron chi connectivity index (χ1n) is 8.77. The average molecular weight is 493 g/mol. The van der Waals surface area contributed by atoms with Gasteiger partial charge in [-0.25, -0.2) is 17.5 Å². The third-order valence-electron chi connectivity index (χ3n) is 4.22. The first-order valence-corrected chi connectivity index (χ1v) is 11.1. The summed E-state index contributed by atoms with van der Waals surface area (Å²) in [5, 5.41) is 2.55. The lowest BCUT2D eigenvalue weighted by atomic mass is 10.2. The van der Waals surface area contributed by atoms with Gasteiger partial charge in [0.05, 0.1) is 17.6 Å². The molecule has 0 unspecified atom stereocenters. The molecule has 0 heterocycles. The minimum absolute atomic E-state index is 0.0319. The number of anilines is 1. The van der Waals surface area contributed by atoms with Gasteiger partial charge in [-0.05, 0) is 60.2 Å². The predicted octanol–water partition coefficient (Wildman–Crippen LogP) is 4.33. The van der Waals surface area contributed by atoms with Gasteiger partial charge in [0.1, 0.15) is 11.6 Å². The van der Waals surface area contributed by atoms with Crippen LogP contribution in [-0.4, -0.2) is 21.4 Å². The number of sulfonamides is 1. The van der Waals surface area contributed by atoms with Gasteiger partial charge in [-0.1, -0.05) is 28.1 Å². The minimum atomic E-state index is -3.96. The third kappa shape index (κ3) is 5.44. The van der Waals surface area contributed by atoms with Crippen LogP contribution < -0.4 is 14.8 Å². The van der Waals surface area contributed by atoms with E-state index in [1.54, 1.807) is 48.5 Å². The summed E-state index contributed by atoms with van der Waals surface area (Å²) in [5.41, 5.74) is 0.799. The third-order valence-corrected chi connectivity index (χ3v) is 6.15. The first-order chi connectivity index (χ1) is 14.3. The summed E-state index contributed by atoms with van der Waals surface area (Å²) in [6.45, 7) is 0.0319. The van der Waals surface area contributed by atoms with E-state index in [1.807, 2.05) is 0 Å². The Kier molecular flexibility index (Phi) is 6.86. The normalized spacial score (nSPS) is 11.2. The van der Waals surface area contributed by atoms with Gasteiger partial charge in [0.15, 0.2) is 0 Å². The number of rotatable bonds is 7. The van der Waals surface area contributed by atoms with Gasteiger partial charge in [0.25, 0.3) is 5.91 Å². The van der Waals surface area contributed by atoms with Crippen molar-refractivity contribution in [3.63, 3.8) is 0 Å². The SMILES string of the molecule is COc1ccc(CNS(=O)(=O)c2ccc(F)c(C(=O)Nc3ccc(Br)cc3)c2)cc1. The van der Waals surface area contributed by atoms with Crippen molar-refractivity contribution in [3.8, 4) is 5.75 Å². The van der Waals surface area contributed by atoms with Crippen molar-refractivity contribution in [3.05, 3.63) is 88.1 Å². The fraction of sp³-hybridized carbons (Fsp3) is 0.0952. The van der Waals surface area contributed by atoms with E-state index in [2.05, 4.69) is 26.0 Å². The van der Waals surface area contributed by atoms with Crippen molar-refractivity contribution in [2.24, 2.45) is 0 Å². The Morgan fingerprint density at radius 1 is 1.03 bits per heavy atom. The molecule has 0 aliphatic rings. The zero-order valence-electron chi connectivity index (χ0n) is 15.9. The molecule has 156 valence electrons. The largest absolute Gasteiger partial charge is 0.497 e. The van der Waals surface area contributed by atoms with E-state index in [9.17, 15) is 17.6 Å². The Hall–Kier alpha value is -2.75. The molecule has 2 N–H and O–H groups in total. The van der Waals surface area contributed by atoms with Gasteiger partial charge >= 0.3 is 0 Å². The van der Waals surface area contributed by atoms with Crippen LogP contribution in [0.4, 0.5) is 10.1 Å². The van der Waals surface area contributed by atoms with E-state index < -0.39 is 21.7 Å². The minimum Gasteiger partial charge on any atom is -0.497 e. The van der Waals surface area contributed by atoms with Crippen LogP contribution >= 0.6 is 15.9 Å². The number of benzene rings is 3. The Morgan fingerprint density at radius 2 is 1.70 bits per heavy atom. The van der Waals surface area contributed by atoms with Crippen LogP contribution in [0, 0.1) is 5.82 Å². The van der Waals surface area contributed by atoms with E-state index in [-0.39, 0.29) is 17.0 Å². The van der Waals surface area contributed by atoms with Crippen LogP contribution in [0.3, 0.4) is 0 Å². The van der Waals surface area contributed by atoms with Gasteiger partial charge in [-0.15, -0.1) is 0 Å². The lowest BCUT2D eigenvalue weighted by molar-refractivity contribution is 0.102. The zero-order chi connectivity index (χ0) is 21.7. The van der Waals surface area contributed by atoms with Crippen LogP contribution in [0.15, 0.2) is 76.1 Å². The van der Waals surface area contributed by atoms with Gasteiger partial charge in [0.2, 0.25) is 10.0 Å². The summed E-state index contributed by atoms with van der Waals surface area (Å²) in [7, 11) is -2.42. The molecule has 0 aromatic heterocycles. The molecular weight excluding hydrogens is 475 g/mol. The highest BCUT2D eigenvalue weighted by Gasteiger charge is 2.19. The van der Waals surface area contributed by atoms with Crippen molar-refractivity contribution in [2.45, 2.75) is 11.4 Å². The summed E-state index contributed by atoms with van der Waals surface area (Å²) in [6, 6.07) is 16.7. The molecule has 3 aromatic carbocycles. The first kappa shape index (κ1) is 21.9. The molecule has 0 bridgehead atoms. The Morgan fingerprint density at radius 3 is 2.33 bits per heavy atom. The molecule has 0 spiro atoms. The van der Waals surface area contributed by atoms with Gasteiger partial charge in [-0.2, -0.15) is 0 Å². The number of hydrogen-bond acceptors (Lipinski definition) is 4. The molecule has 0 fully saturated rings. The van der Waals surface area contributed by atoms with Crippen LogP contribution in [-0.2, 0) is 16.6 Å². The van der Waals surface area contributed by atoms with Crippen LogP contribution in [0.1, 0.15) is 15.9 Å². The molecule has 1 amide bonds. The number of amides is 1. The number of ether oxygens (including phenoxy) is 1. The standard InChI is InChI=1S/C21H18BrFN2O4S/c1-29-17-8-2-14(3-9-17)13-24-30(27,28)18-10-11-20(23)19(12-18)21(26)25-16-6-4-15(22)5-7-16/h2-12,24H,13H2,1H3,(H,25,26). The maximum absolute atomic E-state index is 14.2. The summed E-state index contributed by atoms with van der Waals surface area (Å²) in [4.78, 5) is 12.2. The fourth-order valence-electron chi connectivity index (χ4n) is 2.58.